The van der Waals surface area contributed by atoms with Gasteiger partial charge >= 0.3 is 5.97 Å². The molecule has 0 aliphatic heterocycles. The van der Waals surface area contributed by atoms with E-state index >= 15 is 0 Å². The molecule has 4 rings (SSSR count). The smallest absolute Gasteiger partial charge is 0.306 e. The molecule has 0 N–H and O–H groups in total. The zero-order chi connectivity index (χ0) is 25.6. The molecule has 0 amide bonds. The second-order valence-corrected chi connectivity index (χ2v) is 13.8. The summed E-state index contributed by atoms with van der Waals surface area (Å²) in [7, 11) is 0. The van der Waals surface area contributed by atoms with Crippen molar-refractivity contribution in [1.29, 1.82) is 0 Å². The fourth-order valence-electron chi connectivity index (χ4n) is 9.34. The van der Waals surface area contributed by atoms with Crippen LogP contribution in [0.25, 0.3) is 0 Å². The molecule has 4 fully saturated rings. The summed E-state index contributed by atoms with van der Waals surface area (Å²) in [6.07, 6.45) is 25.2. The van der Waals surface area contributed by atoms with E-state index in [9.17, 15) is 9.59 Å². The van der Waals surface area contributed by atoms with Crippen LogP contribution in [0.3, 0.4) is 0 Å². The van der Waals surface area contributed by atoms with Gasteiger partial charge in [-0.25, -0.2) is 0 Å². The van der Waals surface area contributed by atoms with Crippen LogP contribution in [0.1, 0.15) is 156 Å². The van der Waals surface area contributed by atoms with E-state index in [0.717, 1.165) is 43.9 Å². The summed E-state index contributed by atoms with van der Waals surface area (Å²) in [5.74, 6) is 3.42. The Morgan fingerprint density at radius 3 is 2.11 bits per heavy atom. The Labute approximate surface area is 222 Å². The minimum Gasteiger partial charge on any atom is -0.462 e. The Morgan fingerprint density at radius 1 is 0.778 bits per heavy atom. The first-order valence-corrected chi connectivity index (χ1v) is 16.1. The van der Waals surface area contributed by atoms with E-state index in [1.54, 1.807) is 0 Å². The number of fused-ring (bicyclic) bond motifs is 5. The van der Waals surface area contributed by atoms with Crippen LogP contribution in [-0.2, 0) is 14.3 Å². The highest BCUT2D eigenvalue weighted by Gasteiger charge is 2.61. The molecule has 0 saturated heterocycles. The van der Waals surface area contributed by atoms with Gasteiger partial charge in [0.1, 0.15) is 11.9 Å². The lowest BCUT2D eigenvalue weighted by molar-refractivity contribution is -0.164. The maximum Gasteiger partial charge on any atom is 0.306 e. The molecule has 7 atom stereocenters. The summed E-state index contributed by atoms with van der Waals surface area (Å²) < 4.78 is 6.22. The van der Waals surface area contributed by atoms with Crippen LogP contribution in [0.15, 0.2) is 0 Å². The number of ether oxygens (including phenoxy) is 1. The van der Waals surface area contributed by atoms with Crippen LogP contribution in [0.4, 0.5) is 0 Å². The lowest BCUT2D eigenvalue weighted by Gasteiger charge is -2.60. The molecule has 36 heavy (non-hydrogen) atoms. The summed E-state index contributed by atoms with van der Waals surface area (Å²) in [6, 6.07) is 0. The highest BCUT2D eigenvalue weighted by molar-refractivity contribution is 5.79. The number of hydrogen-bond acceptors (Lipinski definition) is 3. The first-order valence-electron chi connectivity index (χ1n) is 16.1. The fraction of sp³-hybridized carbons (Fsp3) is 0.939. The van der Waals surface area contributed by atoms with Gasteiger partial charge in [-0.3, -0.25) is 9.59 Å². The van der Waals surface area contributed by atoms with Gasteiger partial charge in [-0.15, -0.1) is 0 Å². The summed E-state index contributed by atoms with van der Waals surface area (Å²) in [4.78, 5) is 24.9. The Bertz CT molecular complexity index is 730. The second-order valence-electron chi connectivity index (χ2n) is 13.8. The van der Waals surface area contributed by atoms with Crippen molar-refractivity contribution in [2.75, 3.05) is 0 Å². The average Bonchev–Trinajstić information content (AvgIpc) is 3.19. The summed E-state index contributed by atoms with van der Waals surface area (Å²) >= 11 is 0. The largest absolute Gasteiger partial charge is 0.462 e. The van der Waals surface area contributed by atoms with Gasteiger partial charge in [0.2, 0.25) is 0 Å². The van der Waals surface area contributed by atoms with Crippen molar-refractivity contribution in [3.05, 3.63) is 0 Å². The normalized spacial score (nSPS) is 37.8. The molecule has 0 aromatic rings. The van der Waals surface area contributed by atoms with E-state index in [0.29, 0.717) is 29.5 Å². The molecule has 3 heteroatoms. The van der Waals surface area contributed by atoms with E-state index in [4.69, 9.17) is 4.74 Å². The van der Waals surface area contributed by atoms with E-state index < -0.39 is 0 Å². The van der Waals surface area contributed by atoms with Crippen LogP contribution in [0, 0.1) is 34.5 Å². The molecule has 4 aliphatic carbocycles. The van der Waals surface area contributed by atoms with Gasteiger partial charge < -0.3 is 4.74 Å². The first-order chi connectivity index (χ1) is 17.4. The SMILES string of the molecule is CCCCCCCCCCCCCC(=O)O[C@@H]1CC[C@H]2[C@@H]3CC[C@H]4CC(=O)CC[C@]4(C)[C@H]3CC[C@]12C. The first kappa shape index (κ1) is 28.2. The van der Waals surface area contributed by atoms with Gasteiger partial charge in [0.25, 0.3) is 0 Å². The minimum absolute atomic E-state index is 0.0568. The molecule has 206 valence electrons. The van der Waals surface area contributed by atoms with Gasteiger partial charge in [-0.2, -0.15) is 0 Å². The minimum atomic E-state index is 0.0568. The molecule has 0 radical (unpaired) electrons. The zero-order valence-electron chi connectivity index (χ0n) is 24.0. The van der Waals surface area contributed by atoms with Crippen molar-refractivity contribution in [2.24, 2.45) is 34.5 Å². The molecular weight excluding hydrogens is 444 g/mol. The van der Waals surface area contributed by atoms with Crippen molar-refractivity contribution < 1.29 is 14.3 Å². The van der Waals surface area contributed by atoms with Crippen LogP contribution in [-0.4, -0.2) is 17.9 Å². The number of Topliss-reactive ketones (excluding diaryl/α,β-unsaturated/α-hetero) is 1. The third kappa shape index (κ3) is 6.23. The van der Waals surface area contributed by atoms with Crippen LogP contribution >= 0.6 is 0 Å². The third-order valence-electron chi connectivity index (χ3n) is 11.7. The van der Waals surface area contributed by atoms with Crippen molar-refractivity contribution >= 4 is 11.8 Å². The number of carbonyl (C=O) groups is 2. The lowest BCUT2D eigenvalue weighted by Crippen LogP contribution is -2.54. The standard InChI is InChI=1S/C33H56O3/c1-4-5-6-7-8-9-10-11-12-13-14-15-31(35)36-30-19-18-28-27-17-16-25-24-26(34)20-22-32(25,2)29(27)21-23-33(28,30)3/h25,27-30H,4-24H2,1-3H3/t25-,27-,28-,29-,30+,32-,33-/m0/s1. The average molecular weight is 501 g/mol. The molecule has 0 aromatic heterocycles. The predicted molar refractivity (Wildman–Crippen MR) is 148 cm³/mol. The van der Waals surface area contributed by atoms with Crippen LogP contribution in [0.2, 0.25) is 0 Å². The van der Waals surface area contributed by atoms with E-state index in [1.165, 1.54) is 96.3 Å². The molecule has 4 saturated carbocycles. The second kappa shape index (κ2) is 12.8. The van der Waals surface area contributed by atoms with Gasteiger partial charge in [0.05, 0.1) is 0 Å². The van der Waals surface area contributed by atoms with Crippen LogP contribution < -0.4 is 0 Å². The maximum atomic E-state index is 12.8. The van der Waals surface area contributed by atoms with Gasteiger partial charge in [0, 0.05) is 24.7 Å². The Hall–Kier alpha value is -0.860. The highest BCUT2D eigenvalue weighted by atomic mass is 16.5. The number of hydrogen-bond donors (Lipinski definition) is 0. The number of esters is 1. The summed E-state index contributed by atoms with van der Waals surface area (Å²) in [5.41, 5.74) is 0.531. The molecule has 0 unspecified atom stereocenters. The Kier molecular flexibility index (Phi) is 10.0. The zero-order valence-corrected chi connectivity index (χ0v) is 24.0. The molecule has 0 spiro atoms. The third-order valence-corrected chi connectivity index (χ3v) is 11.7. The van der Waals surface area contributed by atoms with Crippen molar-refractivity contribution in [1.82, 2.24) is 0 Å². The molecule has 0 bridgehead atoms. The Morgan fingerprint density at radius 2 is 1.42 bits per heavy atom. The predicted octanol–water partition coefficient (Wildman–Crippen LogP) is 9.21. The lowest BCUT2D eigenvalue weighted by atomic mass is 9.45. The van der Waals surface area contributed by atoms with Gasteiger partial charge in [0.15, 0.2) is 0 Å². The van der Waals surface area contributed by atoms with Crippen molar-refractivity contribution in [2.45, 2.75) is 162 Å². The quantitative estimate of drug-likeness (QED) is 0.187. The van der Waals surface area contributed by atoms with Gasteiger partial charge in [-0.1, -0.05) is 85.0 Å². The van der Waals surface area contributed by atoms with Crippen molar-refractivity contribution in [3.8, 4) is 0 Å². The molecule has 0 heterocycles. The summed E-state index contributed by atoms with van der Waals surface area (Å²) in [6.45, 7) is 7.24. The summed E-state index contributed by atoms with van der Waals surface area (Å²) in [5, 5.41) is 0. The maximum absolute atomic E-state index is 12.8. The highest BCUT2D eigenvalue weighted by Crippen LogP contribution is 2.66. The molecular formula is C33H56O3. The van der Waals surface area contributed by atoms with E-state index in [-0.39, 0.29) is 17.5 Å². The molecule has 4 aliphatic rings. The molecule has 3 nitrogen and oxygen atoms in total. The monoisotopic (exact) mass is 500 g/mol. The number of rotatable bonds is 13. The Balaban J connectivity index is 1.16. The number of ketones is 1. The fourth-order valence-corrected chi connectivity index (χ4v) is 9.34. The van der Waals surface area contributed by atoms with E-state index in [1.807, 2.05) is 0 Å². The van der Waals surface area contributed by atoms with E-state index in [2.05, 4.69) is 20.8 Å². The topological polar surface area (TPSA) is 43.4 Å². The van der Waals surface area contributed by atoms with Crippen LogP contribution in [0.5, 0.6) is 0 Å². The number of unbranched alkanes of at least 4 members (excludes halogenated alkanes) is 10. The van der Waals surface area contributed by atoms with Crippen molar-refractivity contribution in [3.63, 3.8) is 0 Å². The van der Waals surface area contributed by atoms with Gasteiger partial charge in [-0.05, 0) is 80.5 Å². The molecule has 0 aromatic carbocycles. The number of carbonyl (C=O) groups excluding carboxylic acids is 2.